The summed E-state index contributed by atoms with van der Waals surface area (Å²) in [7, 11) is 1.43. The molecule has 2 fully saturated rings. The van der Waals surface area contributed by atoms with Gasteiger partial charge < -0.3 is 15.0 Å². The fourth-order valence-corrected chi connectivity index (χ4v) is 4.91. The average molecular weight is 342 g/mol. The molecule has 2 aliphatic carbocycles. The molecule has 25 heavy (non-hydrogen) atoms. The summed E-state index contributed by atoms with van der Waals surface area (Å²) in [6.07, 6.45) is 1.84. The first-order valence-electron chi connectivity index (χ1n) is 9.28. The molecule has 1 heterocycles. The molecule has 1 aromatic rings. The van der Waals surface area contributed by atoms with Crippen molar-refractivity contribution in [2.45, 2.75) is 25.7 Å². The highest BCUT2D eigenvalue weighted by molar-refractivity contribution is 5.76. The van der Waals surface area contributed by atoms with Gasteiger partial charge in [-0.1, -0.05) is 31.2 Å². The predicted octanol–water partition coefficient (Wildman–Crippen LogP) is 2.41. The van der Waals surface area contributed by atoms with Gasteiger partial charge in [0.1, 0.15) is 0 Å². The molecule has 1 N–H and O–H groups in total. The molecule has 2 amide bonds. The summed E-state index contributed by atoms with van der Waals surface area (Å²) < 4.78 is 4.86. The van der Waals surface area contributed by atoms with Crippen LogP contribution in [0, 0.1) is 23.7 Å². The summed E-state index contributed by atoms with van der Waals surface area (Å²) in [5.41, 5.74) is 2.97. The number of hydrogen-bond acceptors (Lipinski definition) is 3. The van der Waals surface area contributed by atoms with E-state index in [4.69, 9.17) is 4.74 Å². The molecule has 134 valence electrons. The molecule has 0 aromatic heterocycles. The van der Waals surface area contributed by atoms with E-state index < -0.39 is 0 Å². The van der Waals surface area contributed by atoms with Crippen molar-refractivity contribution in [3.63, 3.8) is 0 Å². The number of benzene rings is 1. The molecule has 5 nitrogen and oxygen atoms in total. The number of rotatable bonds is 3. The number of carbonyl (C=O) groups is 2. The van der Waals surface area contributed by atoms with Gasteiger partial charge in [0.2, 0.25) is 0 Å². The topological polar surface area (TPSA) is 58.6 Å². The van der Waals surface area contributed by atoms with Gasteiger partial charge in [-0.05, 0) is 47.6 Å². The zero-order chi connectivity index (χ0) is 17.6. The number of urea groups is 1. The number of hydrogen-bond donors (Lipinski definition) is 1. The quantitative estimate of drug-likeness (QED) is 0.858. The van der Waals surface area contributed by atoms with Crippen molar-refractivity contribution in [1.29, 1.82) is 0 Å². The fourth-order valence-electron chi connectivity index (χ4n) is 4.91. The summed E-state index contributed by atoms with van der Waals surface area (Å²) in [6.45, 7) is 4.01. The Labute approximate surface area is 148 Å². The Balaban J connectivity index is 1.27. The lowest BCUT2D eigenvalue weighted by Crippen LogP contribution is -2.49. The van der Waals surface area contributed by atoms with E-state index in [0.717, 1.165) is 13.0 Å². The second kappa shape index (κ2) is 6.36. The number of esters is 1. The van der Waals surface area contributed by atoms with Crippen LogP contribution in [0.1, 0.15) is 30.4 Å². The van der Waals surface area contributed by atoms with Crippen LogP contribution in [0.2, 0.25) is 0 Å². The molecule has 1 saturated carbocycles. The molecule has 0 spiro atoms. The van der Waals surface area contributed by atoms with Gasteiger partial charge in [0, 0.05) is 19.6 Å². The third-order valence-corrected chi connectivity index (χ3v) is 6.39. The molecule has 1 saturated heterocycles. The number of methoxy groups -OCH3 is 1. The minimum atomic E-state index is -0.156. The number of ether oxygens (including phenoxy) is 1. The smallest absolute Gasteiger partial charge is 0.317 e. The molecule has 1 aromatic carbocycles. The Bertz CT molecular complexity index is 689. The summed E-state index contributed by atoms with van der Waals surface area (Å²) in [4.78, 5) is 26.1. The lowest BCUT2D eigenvalue weighted by molar-refractivity contribution is -0.148. The number of likely N-dealkylation sites (tertiary alicyclic amines) is 1. The maximum absolute atomic E-state index is 12.5. The molecular weight excluding hydrogens is 316 g/mol. The van der Waals surface area contributed by atoms with Crippen LogP contribution in [0.25, 0.3) is 0 Å². The van der Waals surface area contributed by atoms with E-state index in [2.05, 4.69) is 29.6 Å². The van der Waals surface area contributed by atoms with Gasteiger partial charge in [0.05, 0.1) is 13.0 Å². The SMILES string of the molecule is COC(=O)[C@@H]1CCN(C(=O)NC[C@@H]2[C@@H]3Cc4ccccc4[C@H]23)C[C@@H]1C. The van der Waals surface area contributed by atoms with Crippen LogP contribution < -0.4 is 5.32 Å². The molecular formula is C20H26N2O3. The van der Waals surface area contributed by atoms with Crippen molar-refractivity contribution in [2.24, 2.45) is 23.7 Å². The van der Waals surface area contributed by atoms with E-state index in [-0.39, 0.29) is 23.8 Å². The van der Waals surface area contributed by atoms with Crippen LogP contribution in [-0.2, 0) is 16.0 Å². The van der Waals surface area contributed by atoms with Gasteiger partial charge in [-0.25, -0.2) is 4.79 Å². The largest absolute Gasteiger partial charge is 0.469 e. The maximum Gasteiger partial charge on any atom is 0.317 e. The van der Waals surface area contributed by atoms with E-state index >= 15 is 0 Å². The van der Waals surface area contributed by atoms with Crippen LogP contribution in [0.15, 0.2) is 24.3 Å². The van der Waals surface area contributed by atoms with Crippen molar-refractivity contribution < 1.29 is 14.3 Å². The summed E-state index contributed by atoms with van der Waals surface area (Å²) in [5.74, 6) is 1.83. The lowest BCUT2D eigenvalue weighted by Gasteiger charge is -2.35. The molecule has 3 aliphatic rings. The minimum absolute atomic E-state index is 0.00780. The summed E-state index contributed by atoms with van der Waals surface area (Å²) in [6, 6.07) is 8.69. The zero-order valence-electron chi connectivity index (χ0n) is 14.9. The standard InChI is InChI=1S/C20H26N2O3/c1-12-11-22(8-7-14(12)19(23)25-2)20(24)21-10-17-16-9-13-5-3-4-6-15(13)18(16)17/h3-6,12,14,16-18H,7-11H2,1-2H3,(H,21,24)/t12-,14+,16-,17+,18-/m0/s1. The molecule has 4 rings (SSSR count). The second-order valence-electron chi connectivity index (χ2n) is 7.78. The van der Waals surface area contributed by atoms with E-state index in [1.54, 1.807) is 0 Å². The van der Waals surface area contributed by atoms with Gasteiger partial charge in [-0.2, -0.15) is 0 Å². The lowest BCUT2D eigenvalue weighted by atomic mass is 9.87. The molecule has 0 bridgehead atoms. The number of amides is 2. The van der Waals surface area contributed by atoms with E-state index in [1.165, 1.54) is 18.2 Å². The van der Waals surface area contributed by atoms with Crippen molar-refractivity contribution in [1.82, 2.24) is 10.2 Å². The van der Waals surface area contributed by atoms with Crippen molar-refractivity contribution in [2.75, 3.05) is 26.7 Å². The number of carbonyl (C=O) groups excluding carboxylic acids is 2. The van der Waals surface area contributed by atoms with Gasteiger partial charge in [0.25, 0.3) is 0 Å². The predicted molar refractivity (Wildman–Crippen MR) is 94.1 cm³/mol. The van der Waals surface area contributed by atoms with Gasteiger partial charge in [-0.3, -0.25) is 4.79 Å². The number of nitrogens with zero attached hydrogens (tertiary/aromatic N) is 1. The van der Waals surface area contributed by atoms with Crippen molar-refractivity contribution in [3.05, 3.63) is 35.4 Å². The third-order valence-electron chi connectivity index (χ3n) is 6.39. The zero-order valence-corrected chi connectivity index (χ0v) is 14.9. The minimum Gasteiger partial charge on any atom is -0.469 e. The summed E-state index contributed by atoms with van der Waals surface area (Å²) in [5, 5.41) is 3.12. The van der Waals surface area contributed by atoms with Crippen LogP contribution in [0.4, 0.5) is 4.79 Å². The molecule has 1 aliphatic heterocycles. The number of nitrogens with one attached hydrogen (secondary N) is 1. The monoisotopic (exact) mass is 342 g/mol. The first-order valence-corrected chi connectivity index (χ1v) is 9.28. The second-order valence-corrected chi connectivity index (χ2v) is 7.78. The van der Waals surface area contributed by atoms with E-state index in [9.17, 15) is 9.59 Å². The highest BCUT2D eigenvalue weighted by atomic mass is 16.5. The Kier molecular flexibility index (Phi) is 4.18. The Hall–Kier alpha value is -2.04. The molecule has 0 radical (unpaired) electrons. The molecule has 5 atom stereocenters. The van der Waals surface area contributed by atoms with Crippen LogP contribution in [0.5, 0.6) is 0 Å². The van der Waals surface area contributed by atoms with E-state index in [1.807, 2.05) is 11.8 Å². The Morgan fingerprint density at radius 3 is 2.88 bits per heavy atom. The first-order chi connectivity index (χ1) is 12.1. The Morgan fingerprint density at radius 1 is 1.32 bits per heavy atom. The first kappa shape index (κ1) is 16.4. The number of piperidine rings is 1. The molecule has 5 heteroatoms. The highest BCUT2D eigenvalue weighted by Crippen LogP contribution is 2.60. The van der Waals surface area contributed by atoms with Crippen molar-refractivity contribution in [3.8, 4) is 0 Å². The highest BCUT2D eigenvalue weighted by Gasteiger charge is 2.55. The molecule has 0 unspecified atom stereocenters. The number of fused-ring (bicyclic) bond motifs is 3. The average Bonchev–Trinajstić information content (AvgIpc) is 3.17. The van der Waals surface area contributed by atoms with Crippen LogP contribution in [-0.4, -0.2) is 43.6 Å². The maximum atomic E-state index is 12.5. The van der Waals surface area contributed by atoms with E-state index in [0.29, 0.717) is 37.3 Å². The normalized spacial score (nSPS) is 32.6. The fraction of sp³-hybridized carbons (Fsp3) is 0.600. The van der Waals surface area contributed by atoms with Crippen LogP contribution >= 0.6 is 0 Å². The van der Waals surface area contributed by atoms with Gasteiger partial charge in [-0.15, -0.1) is 0 Å². The van der Waals surface area contributed by atoms with Crippen LogP contribution in [0.3, 0.4) is 0 Å². The van der Waals surface area contributed by atoms with Gasteiger partial charge in [0.15, 0.2) is 0 Å². The van der Waals surface area contributed by atoms with Crippen molar-refractivity contribution >= 4 is 12.0 Å². The third kappa shape index (κ3) is 2.90. The summed E-state index contributed by atoms with van der Waals surface area (Å²) >= 11 is 0. The Morgan fingerprint density at radius 2 is 2.12 bits per heavy atom. The van der Waals surface area contributed by atoms with Gasteiger partial charge >= 0.3 is 12.0 Å².